The van der Waals surface area contributed by atoms with Gasteiger partial charge in [-0.25, -0.2) is 0 Å². The summed E-state index contributed by atoms with van der Waals surface area (Å²) in [5, 5.41) is 4.07. The second-order valence-electron chi connectivity index (χ2n) is 3.96. The van der Waals surface area contributed by atoms with Crippen LogP contribution in [0.15, 0.2) is 36.5 Å². The SMILES string of the molecule is Cn1ccc(CC(=O)c2ccccc2OC(F)F)n1. The average molecular weight is 266 g/mol. The van der Waals surface area contributed by atoms with Crippen molar-refractivity contribution < 1.29 is 18.3 Å². The van der Waals surface area contributed by atoms with E-state index in [4.69, 9.17) is 0 Å². The number of alkyl halides is 2. The van der Waals surface area contributed by atoms with Crippen LogP contribution < -0.4 is 4.74 Å². The van der Waals surface area contributed by atoms with Crippen molar-refractivity contribution in [2.24, 2.45) is 7.05 Å². The first-order valence-electron chi connectivity index (χ1n) is 5.62. The molecule has 1 aromatic heterocycles. The molecule has 2 rings (SSSR count). The third-order valence-corrected chi connectivity index (χ3v) is 2.51. The minimum atomic E-state index is -2.95. The standard InChI is InChI=1S/C13H12F2N2O2/c1-17-7-6-9(16-17)8-11(18)10-4-2-3-5-12(10)19-13(14)15/h2-7,13H,8H2,1H3. The molecule has 100 valence electrons. The molecule has 1 aromatic carbocycles. The van der Waals surface area contributed by atoms with Crippen molar-refractivity contribution in [3.8, 4) is 5.75 Å². The van der Waals surface area contributed by atoms with Gasteiger partial charge in [0.2, 0.25) is 0 Å². The minimum absolute atomic E-state index is 0.0461. The van der Waals surface area contributed by atoms with Crippen LogP contribution in [-0.2, 0) is 13.5 Å². The largest absolute Gasteiger partial charge is 0.434 e. The van der Waals surface area contributed by atoms with Crippen LogP contribution in [0.1, 0.15) is 16.1 Å². The van der Waals surface area contributed by atoms with Gasteiger partial charge in [-0.3, -0.25) is 9.48 Å². The molecule has 4 nitrogen and oxygen atoms in total. The number of hydrogen-bond acceptors (Lipinski definition) is 3. The highest BCUT2D eigenvalue weighted by Gasteiger charge is 2.16. The Morgan fingerprint density at radius 3 is 2.74 bits per heavy atom. The van der Waals surface area contributed by atoms with Crippen LogP contribution in [-0.4, -0.2) is 22.2 Å². The number of nitrogens with zero attached hydrogens (tertiary/aromatic N) is 2. The summed E-state index contributed by atoms with van der Waals surface area (Å²) in [5.74, 6) is -0.423. The second kappa shape index (κ2) is 5.60. The maximum Gasteiger partial charge on any atom is 0.387 e. The van der Waals surface area contributed by atoms with E-state index in [9.17, 15) is 13.6 Å². The molecule has 0 saturated heterocycles. The predicted octanol–water partition coefficient (Wildman–Crippen LogP) is 2.45. The van der Waals surface area contributed by atoms with Gasteiger partial charge in [-0.05, 0) is 18.2 Å². The van der Waals surface area contributed by atoms with Crippen LogP contribution in [0.2, 0.25) is 0 Å². The number of Topliss-reactive ketones (excluding diaryl/α,β-unsaturated/α-hetero) is 1. The number of halogens is 2. The third kappa shape index (κ3) is 3.37. The average Bonchev–Trinajstić information content (AvgIpc) is 2.74. The summed E-state index contributed by atoms with van der Waals surface area (Å²) in [6, 6.07) is 7.65. The van der Waals surface area contributed by atoms with Crippen LogP contribution in [0, 0.1) is 0 Å². The number of rotatable bonds is 5. The van der Waals surface area contributed by atoms with Crippen molar-refractivity contribution >= 4 is 5.78 Å². The number of ether oxygens (including phenoxy) is 1. The summed E-state index contributed by atoms with van der Waals surface area (Å²) in [6.45, 7) is -2.95. The number of ketones is 1. The summed E-state index contributed by atoms with van der Waals surface area (Å²) in [6.07, 6.45) is 1.76. The topological polar surface area (TPSA) is 44.1 Å². The van der Waals surface area contributed by atoms with Gasteiger partial charge in [0.25, 0.3) is 0 Å². The van der Waals surface area contributed by atoms with Crippen molar-refractivity contribution in [2.45, 2.75) is 13.0 Å². The number of aromatic nitrogens is 2. The van der Waals surface area contributed by atoms with Gasteiger partial charge in [0.1, 0.15) is 5.75 Å². The highest BCUT2D eigenvalue weighted by molar-refractivity contribution is 5.99. The number of para-hydroxylation sites is 1. The van der Waals surface area contributed by atoms with Gasteiger partial charge >= 0.3 is 6.61 Å². The lowest BCUT2D eigenvalue weighted by atomic mass is 10.1. The number of carbonyl (C=O) groups is 1. The van der Waals surface area contributed by atoms with Gasteiger partial charge in [0, 0.05) is 13.2 Å². The summed E-state index contributed by atoms with van der Waals surface area (Å²) >= 11 is 0. The molecule has 0 aliphatic carbocycles. The molecule has 0 aliphatic heterocycles. The molecule has 0 atom stereocenters. The first kappa shape index (κ1) is 13.2. The van der Waals surface area contributed by atoms with E-state index >= 15 is 0 Å². The molecular formula is C13H12F2N2O2. The van der Waals surface area contributed by atoms with Crippen LogP contribution >= 0.6 is 0 Å². The molecule has 1 heterocycles. The summed E-state index contributed by atoms with van der Waals surface area (Å²) in [5.41, 5.74) is 0.716. The van der Waals surface area contributed by atoms with E-state index in [1.165, 1.54) is 18.2 Å². The zero-order valence-corrected chi connectivity index (χ0v) is 10.2. The molecule has 0 fully saturated rings. The van der Waals surface area contributed by atoms with Crippen LogP contribution in [0.25, 0.3) is 0 Å². The van der Waals surface area contributed by atoms with Crippen molar-refractivity contribution in [1.29, 1.82) is 0 Å². The number of carbonyl (C=O) groups excluding carboxylic acids is 1. The normalized spacial score (nSPS) is 10.7. The van der Waals surface area contributed by atoms with Gasteiger partial charge in [0.15, 0.2) is 5.78 Å². The maximum absolute atomic E-state index is 12.2. The Balaban J connectivity index is 2.18. The fourth-order valence-corrected chi connectivity index (χ4v) is 1.71. The monoisotopic (exact) mass is 266 g/mol. The van der Waals surface area contributed by atoms with Crippen molar-refractivity contribution in [3.63, 3.8) is 0 Å². The van der Waals surface area contributed by atoms with Crippen LogP contribution in [0.5, 0.6) is 5.75 Å². The van der Waals surface area contributed by atoms with E-state index in [1.807, 2.05) is 0 Å². The molecule has 0 N–H and O–H groups in total. The first-order valence-corrected chi connectivity index (χ1v) is 5.62. The lowest BCUT2D eigenvalue weighted by molar-refractivity contribution is -0.0501. The highest BCUT2D eigenvalue weighted by Crippen LogP contribution is 2.21. The molecule has 0 spiro atoms. The van der Waals surface area contributed by atoms with Gasteiger partial charge in [-0.2, -0.15) is 13.9 Å². The molecule has 0 radical (unpaired) electrons. The van der Waals surface area contributed by atoms with Crippen molar-refractivity contribution in [2.75, 3.05) is 0 Å². The zero-order valence-electron chi connectivity index (χ0n) is 10.2. The second-order valence-corrected chi connectivity index (χ2v) is 3.96. The zero-order chi connectivity index (χ0) is 13.8. The Hall–Kier alpha value is -2.24. The molecule has 0 aliphatic rings. The lowest BCUT2D eigenvalue weighted by Crippen LogP contribution is -2.10. The van der Waals surface area contributed by atoms with Crippen LogP contribution in [0.3, 0.4) is 0 Å². The van der Waals surface area contributed by atoms with E-state index in [0.717, 1.165) is 0 Å². The Kier molecular flexibility index (Phi) is 3.89. The van der Waals surface area contributed by atoms with E-state index in [-0.39, 0.29) is 23.5 Å². The highest BCUT2D eigenvalue weighted by atomic mass is 19.3. The first-order chi connectivity index (χ1) is 9.06. The Labute approximate surface area is 108 Å². The summed E-state index contributed by atoms with van der Waals surface area (Å²) < 4.78 is 30.4. The van der Waals surface area contributed by atoms with E-state index in [1.54, 1.807) is 30.1 Å². The molecule has 0 bridgehead atoms. The summed E-state index contributed by atoms with van der Waals surface area (Å²) in [7, 11) is 1.74. The maximum atomic E-state index is 12.2. The smallest absolute Gasteiger partial charge is 0.387 e. The van der Waals surface area contributed by atoms with Gasteiger partial charge in [-0.15, -0.1) is 0 Å². The van der Waals surface area contributed by atoms with Gasteiger partial charge < -0.3 is 4.74 Å². The van der Waals surface area contributed by atoms with Crippen molar-refractivity contribution in [3.05, 3.63) is 47.8 Å². The quantitative estimate of drug-likeness (QED) is 0.781. The molecule has 0 amide bonds. The van der Waals surface area contributed by atoms with Crippen LogP contribution in [0.4, 0.5) is 8.78 Å². The fraction of sp³-hybridized carbons (Fsp3) is 0.231. The molecule has 2 aromatic rings. The van der Waals surface area contributed by atoms with E-state index in [2.05, 4.69) is 9.84 Å². The Morgan fingerprint density at radius 2 is 2.11 bits per heavy atom. The third-order valence-electron chi connectivity index (χ3n) is 2.51. The van der Waals surface area contributed by atoms with Gasteiger partial charge in [0.05, 0.1) is 17.7 Å². The van der Waals surface area contributed by atoms with E-state index in [0.29, 0.717) is 5.69 Å². The molecule has 19 heavy (non-hydrogen) atoms. The molecule has 6 heteroatoms. The predicted molar refractivity (Wildman–Crippen MR) is 64.3 cm³/mol. The van der Waals surface area contributed by atoms with E-state index < -0.39 is 6.61 Å². The fourth-order valence-electron chi connectivity index (χ4n) is 1.71. The molecule has 0 unspecified atom stereocenters. The number of hydrogen-bond donors (Lipinski definition) is 0. The Morgan fingerprint density at radius 1 is 1.37 bits per heavy atom. The minimum Gasteiger partial charge on any atom is -0.434 e. The number of benzene rings is 1. The lowest BCUT2D eigenvalue weighted by Gasteiger charge is -2.08. The van der Waals surface area contributed by atoms with Crippen molar-refractivity contribution in [1.82, 2.24) is 9.78 Å². The van der Waals surface area contributed by atoms with Gasteiger partial charge in [-0.1, -0.05) is 12.1 Å². The molecular weight excluding hydrogens is 254 g/mol. The molecule has 0 saturated carbocycles. The summed E-state index contributed by atoms with van der Waals surface area (Å²) in [4.78, 5) is 12.1. The Bertz CT molecular complexity index is 582. The number of aryl methyl sites for hydroxylation is 1.